The van der Waals surface area contributed by atoms with E-state index in [1.165, 1.54) is 0 Å². The summed E-state index contributed by atoms with van der Waals surface area (Å²) in [6.45, 7) is 3.53. The van der Waals surface area contributed by atoms with Crippen molar-refractivity contribution in [3.05, 3.63) is 42.5 Å². The Morgan fingerprint density at radius 3 is 2.90 bits per heavy atom. The van der Waals surface area contributed by atoms with Crippen molar-refractivity contribution in [1.29, 1.82) is 0 Å². The van der Waals surface area contributed by atoms with Crippen LogP contribution in [0.3, 0.4) is 0 Å². The molecule has 0 bridgehead atoms. The van der Waals surface area contributed by atoms with Gasteiger partial charge < -0.3 is 9.88 Å². The second-order valence-corrected chi connectivity index (χ2v) is 5.30. The second-order valence-electron chi connectivity index (χ2n) is 4.27. The molecule has 1 N–H and O–H groups in total. The Kier molecular flexibility index (Phi) is 5.40. The van der Waals surface area contributed by atoms with Crippen LogP contribution in [0.5, 0.6) is 0 Å². The van der Waals surface area contributed by atoms with E-state index in [4.69, 9.17) is 0 Å². The largest absolute Gasteiger partial charge is 0.377 e. The monoisotopic (exact) mass is 297 g/mol. The summed E-state index contributed by atoms with van der Waals surface area (Å²) in [7, 11) is 0. The maximum absolute atomic E-state index is 12.5. The molecular formula is C14H17F2N3S. The molecule has 0 saturated carbocycles. The highest BCUT2D eigenvalue weighted by Crippen LogP contribution is 2.31. The first-order valence-corrected chi connectivity index (χ1v) is 7.36. The predicted octanol–water partition coefficient (Wildman–Crippen LogP) is 4.22. The fraction of sp³-hybridized carbons (Fsp3) is 0.357. The standard InChI is InChI=1S/C14H17F2N3S/c1-2-8-19-9-7-17-13(19)10-18-11-5-3-4-6-12(11)20-14(15)16/h3-7,9,14,18H,2,8,10H2,1H3. The maximum Gasteiger partial charge on any atom is 0.288 e. The number of aryl methyl sites for hydroxylation is 1. The van der Waals surface area contributed by atoms with Crippen molar-refractivity contribution in [2.24, 2.45) is 0 Å². The van der Waals surface area contributed by atoms with Crippen LogP contribution in [-0.4, -0.2) is 15.3 Å². The number of imidazole rings is 1. The van der Waals surface area contributed by atoms with Gasteiger partial charge in [-0.1, -0.05) is 30.8 Å². The number of halogens is 2. The van der Waals surface area contributed by atoms with Crippen molar-refractivity contribution < 1.29 is 8.78 Å². The molecule has 0 fully saturated rings. The molecule has 108 valence electrons. The first-order chi connectivity index (χ1) is 9.70. The number of benzene rings is 1. The van der Waals surface area contributed by atoms with Gasteiger partial charge in [-0.05, 0) is 18.6 Å². The summed E-state index contributed by atoms with van der Waals surface area (Å²) in [5.41, 5.74) is 0.712. The normalized spacial score (nSPS) is 11.0. The van der Waals surface area contributed by atoms with Crippen LogP contribution in [0.25, 0.3) is 0 Å². The Bertz CT molecular complexity index is 543. The number of nitrogens with one attached hydrogen (secondary N) is 1. The summed E-state index contributed by atoms with van der Waals surface area (Å²) in [5.74, 6) is -1.51. The van der Waals surface area contributed by atoms with Crippen LogP contribution in [0.4, 0.5) is 14.5 Å². The first-order valence-electron chi connectivity index (χ1n) is 6.48. The Morgan fingerprint density at radius 1 is 1.35 bits per heavy atom. The van der Waals surface area contributed by atoms with E-state index in [0.717, 1.165) is 18.8 Å². The Hall–Kier alpha value is -1.56. The molecule has 0 amide bonds. The third kappa shape index (κ3) is 3.96. The van der Waals surface area contributed by atoms with Crippen molar-refractivity contribution in [3.63, 3.8) is 0 Å². The summed E-state index contributed by atoms with van der Waals surface area (Å²) in [4.78, 5) is 4.84. The molecule has 0 atom stereocenters. The average Bonchev–Trinajstić information content (AvgIpc) is 2.85. The van der Waals surface area contributed by atoms with Gasteiger partial charge in [0.2, 0.25) is 0 Å². The number of anilines is 1. The van der Waals surface area contributed by atoms with Gasteiger partial charge in [-0.15, -0.1) is 0 Å². The molecule has 2 rings (SSSR count). The van der Waals surface area contributed by atoms with E-state index in [1.54, 1.807) is 24.4 Å². The van der Waals surface area contributed by atoms with Crippen molar-refractivity contribution in [3.8, 4) is 0 Å². The summed E-state index contributed by atoms with van der Waals surface area (Å²) in [5, 5.41) is 3.18. The zero-order chi connectivity index (χ0) is 14.4. The molecule has 0 radical (unpaired) electrons. The van der Waals surface area contributed by atoms with Gasteiger partial charge in [-0.25, -0.2) is 4.98 Å². The smallest absolute Gasteiger partial charge is 0.288 e. The van der Waals surface area contributed by atoms with Crippen LogP contribution in [0.2, 0.25) is 0 Å². The van der Waals surface area contributed by atoms with Gasteiger partial charge in [-0.3, -0.25) is 0 Å². The van der Waals surface area contributed by atoms with Crippen molar-refractivity contribution in [2.75, 3.05) is 5.32 Å². The summed E-state index contributed by atoms with van der Waals surface area (Å²) >= 11 is 0.554. The van der Waals surface area contributed by atoms with Crippen LogP contribution in [0, 0.1) is 0 Å². The van der Waals surface area contributed by atoms with Crippen molar-refractivity contribution in [1.82, 2.24) is 9.55 Å². The number of hydrogen-bond acceptors (Lipinski definition) is 3. The minimum absolute atomic E-state index is 0.522. The van der Waals surface area contributed by atoms with Crippen molar-refractivity contribution in [2.45, 2.75) is 37.1 Å². The number of alkyl halides is 2. The summed E-state index contributed by atoms with van der Waals surface area (Å²) < 4.78 is 27.1. The minimum Gasteiger partial charge on any atom is -0.377 e. The van der Waals surface area contributed by atoms with E-state index in [2.05, 4.69) is 21.8 Å². The van der Waals surface area contributed by atoms with E-state index < -0.39 is 5.76 Å². The predicted molar refractivity (Wildman–Crippen MR) is 78.1 cm³/mol. The topological polar surface area (TPSA) is 29.9 Å². The molecule has 1 heterocycles. The number of nitrogens with zero attached hydrogens (tertiary/aromatic N) is 2. The van der Waals surface area contributed by atoms with Gasteiger partial charge in [0.25, 0.3) is 5.76 Å². The van der Waals surface area contributed by atoms with E-state index >= 15 is 0 Å². The molecule has 0 aliphatic heterocycles. The van der Waals surface area contributed by atoms with E-state index in [-0.39, 0.29) is 0 Å². The molecule has 2 aromatic rings. The van der Waals surface area contributed by atoms with E-state index in [9.17, 15) is 8.78 Å². The van der Waals surface area contributed by atoms with Crippen LogP contribution >= 0.6 is 11.8 Å². The molecule has 0 aliphatic rings. The number of aromatic nitrogens is 2. The van der Waals surface area contributed by atoms with Crippen LogP contribution in [-0.2, 0) is 13.1 Å². The van der Waals surface area contributed by atoms with Gasteiger partial charge in [0.15, 0.2) is 0 Å². The molecule has 20 heavy (non-hydrogen) atoms. The van der Waals surface area contributed by atoms with Gasteiger partial charge in [0, 0.05) is 29.5 Å². The zero-order valence-corrected chi connectivity index (χ0v) is 12.0. The quantitative estimate of drug-likeness (QED) is 0.776. The molecule has 0 aliphatic carbocycles. The maximum atomic E-state index is 12.5. The lowest BCUT2D eigenvalue weighted by Crippen LogP contribution is -2.09. The van der Waals surface area contributed by atoms with E-state index in [0.29, 0.717) is 28.9 Å². The lowest BCUT2D eigenvalue weighted by atomic mass is 10.3. The third-order valence-corrected chi connectivity index (χ3v) is 3.59. The number of thioether (sulfide) groups is 1. The van der Waals surface area contributed by atoms with Gasteiger partial charge in [0.1, 0.15) is 5.82 Å². The number of para-hydroxylation sites is 1. The molecule has 1 aromatic carbocycles. The highest BCUT2D eigenvalue weighted by Gasteiger charge is 2.10. The highest BCUT2D eigenvalue weighted by molar-refractivity contribution is 7.99. The Balaban J connectivity index is 2.05. The van der Waals surface area contributed by atoms with Gasteiger partial charge in [0.05, 0.1) is 6.54 Å². The lowest BCUT2D eigenvalue weighted by molar-refractivity contribution is 0.252. The average molecular weight is 297 g/mol. The van der Waals surface area contributed by atoms with Crippen LogP contribution in [0.15, 0.2) is 41.6 Å². The number of rotatable bonds is 7. The van der Waals surface area contributed by atoms with E-state index in [1.807, 2.05) is 12.3 Å². The first kappa shape index (κ1) is 14.8. The third-order valence-electron chi connectivity index (χ3n) is 2.81. The lowest BCUT2D eigenvalue weighted by Gasteiger charge is -2.12. The Morgan fingerprint density at radius 2 is 2.15 bits per heavy atom. The molecule has 0 spiro atoms. The molecule has 3 nitrogen and oxygen atoms in total. The molecule has 0 unspecified atom stereocenters. The van der Waals surface area contributed by atoms with Crippen molar-refractivity contribution >= 4 is 17.4 Å². The number of hydrogen-bond donors (Lipinski definition) is 1. The van der Waals surface area contributed by atoms with Gasteiger partial charge in [-0.2, -0.15) is 8.78 Å². The van der Waals surface area contributed by atoms with Crippen LogP contribution in [0.1, 0.15) is 19.2 Å². The highest BCUT2D eigenvalue weighted by atomic mass is 32.2. The van der Waals surface area contributed by atoms with Gasteiger partial charge >= 0.3 is 0 Å². The summed E-state index contributed by atoms with van der Waals surface area (Å²) in [6.07, 6.45) is 4.72. The molecular weight excluding hydrogens is 280 g/mol. The molecule has 6 heteroatoms. The molecule has 1 aromatic heterocycles. The SMILES string of the molecule is CCCn1ccnc1CNc1ccccc1SC(F)F. The fourth-order valence-electron chi connectivity index (χ4n) is 1.94. The molecule has 0 saturated heterocycles. The summed E-state index contributed by atoms with van der Waals surface area (Å²) in [6, 6.07) is 7.08. The Labute approximate surface area is 121 Å². The second kappa shape index (κ2) is 7.28. The zero-order valence-electron chi connectivity index (χ0n) is 11.2. The fourth-order valence-corrected chi connectivity index (χ4v) is 2.55. The van der Waals surface area contributed by atoms with Crippen LogP contribution < -0.4 is 5.32 Å². The minimum atomic E-state index is -2.42.